The fourth-order valence-corrected chi connectivity index (χ4v) is 2.96. The lowest BCUT2D eigenvalue weighted by Crippen LogP contribution is -2.19. The molecule has 1 aromatic carbocycles. The fourth-order valence-electron chi connectivity index (χ4n) is 1.54. The SMILES string of the molecule is Nc1ccc(SC2CNCC2O)c(Cl)c1. The lowest BCUT2D eigenvalue weighted by Gasteiger charge is -2.13. The second-order valence-corrected chi connectivity index (χ2v) is 5.26. The van der Waals surface area contributed by atoms with E-state index in [-0.39, 0.29) is 11.4 Å². The molecule has 3 nitrogen and oxygen atoms in total. The summed E-state index contributed by atoms with van der Waals surface area (Å²) in [4.78, 5) is 0.971. The van der Waals surface area contributed by atoms with Crippen LogP contribution >= 0.6 is 23.4 Å². The van der Waals surface area contributed by atoms with E-state index in [9.17, 15) is 5.11 Å². The molecule has 15 heavy (non-hydrogen) atoms. The number of thioether (sulfide) groups is 1. The van der Waals surface area contributed by atoms with Crippen LogP contribution in [0.15, 0.2) is 23.1 Å². The van der Waals surface area contributed by atoms with Crippen molar-refractivity contribution < 1.29 is 5.11 Å². The third kappa shape index (κ3) is 2.58. The summed E-state index contributed by atoms with van der Waals surface area (Å²) in [6.45, 7) is 1.47. The van der Waals surface area contributed by atoms with Gasteiger partial charge in [0.15, 0.2) is 0 Å². The van der Waals surface area contributed by atoms with Crippen LogP contribution in [0.1, 0.15) is 0 Å². The minimum absolute atomic E-state index is 0.172. The number of nitrogens with two attached hydrogens (primary N) is 1. The van der Waals surface area contributed by atoms with Crippen molar-refractivity contribution in [3.05, 3.63) is 23.2 Å². The zero-order valence-corrected chi connectivity index (χ0v) is 9.68. The van der Waals surface area contributed by atoms with Gasteiger partial charge in [0.25, 0.3) is 0 Å². The molecule has 1 heterocycles. The van der Waals surface area contributed by atoms with E-state index in [4.69, 9.17) is 17.3 Å². The first-order chi connectivity index (χ1) is 7.16. The largest absolute Gasteiger partial charge is 0.399 e. The number of halogens is 1. The van der Waals surface area contributed by atoms with Gasteiger partial charge in [0.2, 0.25) is 0 Å². The highest BCUT2D eigenvalue weighted by Gasteiger charge is 2.26. The molecule has 0 spiro atoms. The van der Waals surface area contributed by atoms with E-state index in [1.54, 1.807) is 17.8 Å². The Balaban J connectivity index is 2.10. The molecule has 1 fully saturated rings. The Bertz CT molecular complexity index is 361. The molecule has 5 heteroatoms. The van der Waals surface area contributed by atoms with Gasteiger partial charge in [-0.1, -0.05) is 11.6 Å². The fraction of sp³-hybridized carbons (Fsp3) is 0.400. The molecule has 1 aliphatic heterocycles. The third-order valence-corrected chi connectivity index (χ3v) is 4.18. The van der Waals surface area contributed by atoms with Crippen LogP contribution in [0.25, 0.3) is 0 Å². The average Bonchev–Trinajstić information content (AvgIpc) is 2.57. The van der Waals surface area contributed by atoms with E-state index < -0.39 is 0 Å². The topological polar surface area (TPSA) is 58.3 Å². The quantitative estimate of drug-likeness (QED) is 0.688. The van der Waals surface area contributed by atoms with Crippen LogP contribution in [0.4, 0.5) is 5.69 Å². The molecule has 1 aliphatic rings. The van der Waals surface area contributed by atoms with Gasteiger partial charge in [-0.05, 0) is 18.2 Å². The number of β-amino-alcohol motifs (C(OH)–C–C–N with tert-alkyl or cyclic N) is 1. The second kappa shape index (κ2) is 4.61. The molecular weight excluding hydrogens is 232 g/mol. The van der Waals surface area contributed by atoms with Crippen LogP contribution in [0.3, 0.4) is 0 Å². The van der Waals surface area contributed by atoms with Crippen LogP contribution in [0.5, 0.6) is 0 Å². The van der Waals surface area contributed by atoms with Gasteiger partial charge in [0, 0.05) is 28.9 Å². The molecule has 0 bridgehead atoms. The summed E-state index contributed by atoms with van der Waals surface area (Å²) in [5, 5.41) is 13.6. The molecule has 2 rings (SSSR count). The highest BCUT2D eigenvalue weighted by Crippen LogP contribution is 2.33. The summed E-state index contributed by atoms with van der Waals surface area (Å²) < 4.78 is 0. The lowest BCUT2D eigenvalue weighted by atomic mass is 10.3. The maximum Gasteiger partial charge on any atom is 0.0798 e. The Morgan fingerprint density at radius 2 is 2.27 bits per heavy atom. The predicted octanol–water partition coefficient (Wildman–Crippen LogP) is 1.35. The predicted molar refractivity (Wildman–Crippen MR) is 64.4 cm³/mol. The summed E-state index contributed by atoms with van der Waals surface area (Å²) in [6.07, 6.45) is -0.302. The molecule has 82 valence electrons. The summed E-state index contributed by atoms with van der Waals surface area (Å²) in [7, 11) is 0. The van der Waals surface area contributed by atoms with Crippen molar-refractivity contribution in [3.8, 4) is 0 Å². The van der Waals surface area contributed by atoms with Gasteiger partial charge in [-0.25, -0.2) is 0 Å². The van der Waals surface area contributed by atoms with Crippen LogP contribution in [0.2, 0.25) is 5.02 Å². The normalized spacial score (nSPS) is 25.7. The number of aliphatic hydroxyl groups excluding tert-OH is 1. The Morgan fingerprint density at radius 1 is 1.47 bits per heavy atom. The molecule has 1 saturated heterocycles. The third-order valence-electron chi connectivity index (χ3n) is 2.36. The maximum atomic E-state index is 9.64. The van der Waals surface area contributed by atoms with Crippen molar-refractivity contribution >= 4 is 29.1 Å². The summed E-state index contributed by atoms with van der Waals surface area (Å²) in [6, 6.07) is 5.45. The molecule has 0 aromatic heterocycles. The highest BCUT2D eigenvalue weighted by atomic mass is 35.5. The van der Waals surface area contributed by atoms with E-state index >= 15 is 0 Å². The number of aliphatic hydroxyl groups is 1. The van der Waals surface area contributed by atoms with Gasteiger partial charge in [0.05, 0.1) is 11.1 Å². The summed E-state index contributed by atoms with van der Waals surface area (Å²) >= 11 is 7.65. The van der Waals surface area contributed by atoms with Crippen molar-refractivity contribution in [2.45, 2.75) is 16.2 Å². The maximum absolute atomic E-state index is 9.64. The minimum atomic E-state index is -0.302. The first-order valence-electron chi connectivity index (χ1n) is 4.77. The van der Waals surface area contributed by atoms with Crippen molar-refractivity contribution in [1.29, 1.82) is 0 Å². The van der Waals surface area contributed by atoms with Crippen LogP contribution in [-0.2, 0) is 0 Å². The van der Waals surface area contributed by atoms with Crippen molar-refractivity contribution in [2.75, 3.05) is 18.8 Å². The van der Waals surface area contributed by atoms with Crippen molar-refractivity contribution in [1.82, 2.24) is 5.32 Å². The molecule has 2 atom stereocenters. The second-order valence-electron chi connectivity index (χ2n) is 3.57. The standard InChI is InChI=1S/C10H13ClN2OS/c11-7-3-6(12)1-2-9(7)15-10-5-13-4-8(10)14/h1-3,8,10,13-14H,4-5,12H2. The Labute approximate surface area is 98.0 Å². The molecule has 0 saturated carbocycles. The van der Waals surface area contributed by atoms with Gasteiger partial charge in [-0.15, -0.1) is 11.8 Å². The van der Waals surface area contributed by atoms with Crippen molar-refractivity contribution in [3.63, 3.8) is 0 Å². The molecule has 0 radical (unpaired) electrons. The monoisotopic (exact) mass is 244 g/mol. The van der Waals surface area contributed by atoms with Crippen molar-refractivity contribution in [2.24, 2.45) is 0 Å². The molecule has 1 aromatic rings. The number of nitrogen functional groups attached to an aromatic ring is 1. The first kappa shape index (κ1) is 11.1. The van der Waals surface area contributed by atoms with E-state index in [1.165, 1.54) is 0 Å². The number of hydrogen-bond acceptors (Lipinski definition) is 4. The minimum Gasteiger partial charge on any atom is -0.399 e. The molecule has 0 aliphatic carbocycles. The van der Waals surface area contributed by atoms with E-state index in [0.717, 1.165) is 11.4 Å². The molecule has 4 N–H and O–H groups in total. The Kier molecular flexibility index (Phi) is 3.41. The number of rotatable bonds is 2. The number of anilines is 1. The van der Waals surface area contributed by atoms with Crippen LogP contribution in [0, 0.1) is 0 Å². The molecule has 0 amide bonds. The highest BCUT2D eigenvalue weighted by molar-refractivity contribution is 8.00. The van der Waals surface area contributed by atoms with E-state index in [1.807, 2.05) is 12.1 Å². The Hall–Kier alpha value is -0.420. The summed E-state index contributed by atoms with van der Waals surface area (Å²) in [5.41, 5.74) is 6.27. The number of benzene rings is 1. The van der Waals surface area contributed by atoms with Gasteiger partial charge in [0.1, 0.15) is 0 Å². The van der Waals surface area contributed by atoms with Crippen LogP contribution < -0.4 is 11.1 Å². The zero-order chi connectivity index (χ0) is 10.8. The number of hydrogen-bond donors (Lipinski definition) is 3. The average molecular weight is 245 g/mol. The zero-order valence-electron chi connectivity index (χ0n) is 8.11. The number of nitrogens with one attached hydrogen (secondary N) is 1. The van der Waals surface area contributed by atoms with E-state index in [2.05, 4.69) is 5.32 Å². The van der Waals surface area contributed by atoms with Gasteiger partial charge in [-0.2, -0.15) is 0 Å². The van der Waals surface area contributed by atoms with Gasteiger partial charge >= 0.3 is 0 Å². The van der Waals surface area contributed by atoms with Gasteiger partial charge in [-0.3, -0.25) is 0 Å². The first-order valence-corrected chi connectivity index (χ1v) is 6.03. The smallest absolute Gasteiger partial charge is 0.0798 e. The Morgan fingerprint density at radius 3 is 2.87 bits per heavy atom. The molecular formula is C10H13ClN2OS. The lowest BCUT2D eigenvalue weighted by molar-refractivity contribution is 0.201. The van der Waals surface area contributed by atoms with Gasteiger partial charge < -0.3 is 16.2 Å². The summed E-state index contributed by atoms with van der Waals surface area (Å²) in [5.74, 6) is 0. The molecule has 2 unspecified atom stereocenters. The van der Waals surface area contributed by atoms with Crippen LogP contribution in [-0.4, -0.2) is 29.5 Å². The van der Waals surface area contributed by atoms with E-state index in [0.29, 0.717) is 17.3 Å².